The molecule has 2 aromatic rings. The average molecular weight is 424 g/mol. The van der Waals surface area contributed by atoms with E-state index in [-0.39, 0.29) is 13.2 Å². The van der Waals surface area contributed by atoms with Crippen LogP contribution < -0.4 is 5.46 Å². The monoisotopic (exact) mass is 424 g/mol. The molecule has 1 aliphatic rings. The maximum atomic E-state index is 12.3. The fourth-order valence-electron chi connectivity index (χ4n) is 3.27. The number of hydrogen-bond donors (Lipinski definition) is 0. The summed E-state index contributed by atoms with van der Waals surface area (Å²) in [6, 6.07) is 12.6. The normalized spacial score (nSPS) is 16.8. The highest BCUT2D eigenvalue weighted by molar-refractivity contribution is 6.62. The van der Waals surface area contributed by atoms with E-state index in [1.165, 1.54) is 6.07 Å². The first kappa shape index (κ1) is 23.0. The van der Waals surface area contributed by atoms with Gasteiger partial charge in [-0.3, -0.25) is 0 Å². The maximum absolute atomic E-state index is 12.3. The van der Waals surface area contributed by atoms with Crippen molar-refractivity contribution in [2.75, 3.05) is 13.2 Å². The quantitative estimate of drug-likeness (QED) is 0.516. The van der Waals surface area contributed by atoms with Crippen LogP contribution in [0.3, 0.4) is 0 Å². The molecule has 1 heterocycles. The molecule has 6 nitrogen and oxygen atoms in total. The molecular formula is C24H29BO6. The number of hydrogen-bond acceptors (Lipinski definition) is 6. The molecule has 0 atom stereocenters. The molecule has 31 heavy (non-hydrogen) atoms. The zero-order valence-corrected chi connectivity index (χ0v) is 19.0. The lowest BCUT2D eigenvalue weighted by molar-refractivity contribution is 0.00578. The Balaban J connectivity index is 1.93. The van der Waals surface area contributed by atoms with Crippen LogP contribution in [-0.2, 0) is 18.8 Å². The smallest absolute Gasteiger partial charge is 0.462 e. The minimum atomic E-state index is -0.483. The largest absolute Gasteiger partial charge is 0.494 e. The van der Waals surface area contributed by atoms with Gasteiger partial charge in [0.2, 0.25) is 0 Å². The van der Waals surface area contributed by atoms with Gasteiger partial charge < -0.3 is 18.8 Å². The molecule has 1 aliphatic heterocycles. The summed E-state index contributed by atoms with van der Waals surface area (Å²) in [6.07, 6.45) is 0. The van der Waals surface area contributed by atoms with Crippen molar-refractivity contribution in [2.24, 2.45) is 0 Å². The summed E-state index contributed by atoms with van der Waals surface area (Å²) in [5, 5.41) is 0. The molecule has 0 amide bonds. The zero-order valence-electron chi connectivity index (χ0n) is 19.0. The lowest BCUT2D eigenvalue weighted by Crippen LogP contribution is -2.41. The van der Waals surface area contributed by atoms with E-state index in [2.05, 4.69) is 0 Å². The fraction of sp³-hybridized carbons (Fsp3) is 0.417. The second-order valence-electron chi connectivity index (χ2n) is 8.45. The SMILES string of the molecule is CCOC(=O)c1cc(C(=O)OCC)cc(-c2ccc(B3OC(C)(C)C(C)(C)O3)cc2)c1. The first-order chi connectivity index (χ1) is 14.6. The summed E-state index contributed by atoms with van der Waals surface area (Å²) in [7, 11) is -0.458. The topological polar surface area (TPSA) is 71.1 Å². The van der Waals surface area contributed by atoms with Crippen molar-refractivity contribution >= 4 is 24.5 Å². The number of carbonyl (C=O) groups excluding carboxylic acids is 2. The lowest BCUT2D eigenvalue weighted by Gasteiger charge is -2.32. The Labute approximate surface area is 184 Å². The molecule has 1 fully saturated rings. The van der Waals surface area contributed by atoms with Crippen LogP contribution in [0.5, 0.6) is 0 Å². The van der Waals surface area contributed by atoms with Gasteiger partial charge in [0.1, 0.15) is 0 Å². The van der Waals surface area contributed by atoms with E-state index in [0.717, 1.165) is 11.0 Å². The van der Waals surface area contributed by atoms with Gasteiger partial charge in [0.25, 0.3) is 0 Å². The van der Waals surface area contributed by atoms with E-state index in [1.807, 2.05) is 52.0 Å². The van der Waals surface area contributed by atoms with Gasteiger partial charge in [-0.05, 0) is 76.3 Å². The van der Waals surface area contributed by atoms with Crippen molar-refractivity contribution in [1.29, 1.82) is 0 Å². The van der Waals surface area contributed by atoms with Gasteiger partial charge in [-0.25, -0.2) is 9.59 Å². The second-order valence-corrected chi connectivity index (χ2v) is 8.45. The van der Waals surface area contributed by atoms with Crippen molar-refractivity contribution in [3.05, 3.63) is 53.6 Å². The molecule has 0 spiro atoms. The standard InChI is InChI=1S/C24H29BO6/c1-7-28-21(26)18-13-17(14-19(15-18)22(27)29-8-2)16-9-11-20(12-10-16)25-30-23(3,4)24(5,6)31-25/h9-15H,7-8H2,1-6H3. The molecular weight excluding hydrogens is 395 g/mol. The van der Waals surface area contributed by atoms with Gasteiger partial charge in [0.15, 0.2) is 0 Å². The van der Waals surface area contributed by atoms with E-state index in [9.17, 15) is 9.59 Å². The van der Waals surface area contributed by atoms with Crippen LogP contribution in [0.15, 0.2) is 42.5 Å². The van der Waals surface area contributed by atoms with Gasteiger partial charge in [-0.2, -0.15) is 0 Å². The molecule has 1 saturated heterocycles. The molecule has 7 heteroatoms. The van der Waals surface area contributed by atoms with Crippen LogP contribution in [0.2, 0.25) is 0 Å². The van der Waals surface area contributed by atoms with E-state index >= 15 is 0 Å². The maximum Gasteiger partial charge on any atom is 0.494 e. The summed E-state index contributed by atoms with van der Waals surface area (Å²) in [6.45, 7) is 12.0. The fourth-order valence-corrected chi connectivity index (χ4v) is 3.27. The van der Waals surface area contributed by atoms with E-state index in [4.69, 9.17) is 18.8 Å². The van der Waals surface area contributed by atoms with Gasteiger partial charge in [0.05, 0.1) is 35.5 Å². The van der Waals surface area contributed by atoms with Crippen LogP contribution >= 0.6 is 0 Å². The molecule has 0 aromatic heterocycles. The average Bonchev–Trinajstić information content (AvgIpc) is 2.95. The predicted octanol–water partition coefficient (Wildman–Crippen LogP) is 4.01. The Morgan fingerprint density at radius 1 is 0.774 bits per heavy atom. The van der Waals surface area contributed by atoms with E-state index in [1.54, 1.807) is 26.0 Å². The van der Waals surface area contributed by atoms with Crippen molar-refractivity contribution in [3.63, 3.8) is 0 Å². The molecule has 0 N–H and O–H groups in total. The van der Waals surface area contributed by atoms with Crippen LogP contribution in [-0.4, -0.2) is 43.5 Å². The number of ether oxygens (including phenoxy) is 2. The van der Waals surface area contributed by atoms with Gasteiger partial charge in [-0.15, -0.1) is 0 Å². The first-order valence-electron chi connectivity index (χ1n) is 10.5. The van der Waals surface area contributed by atoms with E-state index in [0.29, 0.717) is 16.7 Å². The molecule has 0 aliphatic carbocycles. The summed E-state index contributed by atoms with van der Waals surface area (Å²) in [5.74, 6) is -0.965. The first-order valence-corrected chi connectivity index (χ1v) is 10.5. The highest BCUT2D eigenvalue weighted by Crippen LogP contribution is 2.36. The number of rotatable bonds is 6. The van der Waals surface area contributed by atoms with Crippen LogP contribution in [0, 0.1) is 0 Å². The van der Waals surface area contributed by atoms with Crippen molar-refractivity contribution in [3.8, 4) is 11.1 Å². The highest BCUT2D eigenvalue weighted by Gasteiger charge is 2.51. The molecule has 0 unspecified atom stereocenters. The van der Waals surface area contributed by atoms with Gasteiger partial charge >= 0.3 is 19.1 Å². The van der Waals surface area contributed by atoms with Crippen molar-refractivity contribution in [1.82, 2.24) is 0 Å². The van der Waals surface area contributed by atoms with Crippen LogP contribution in [0.25, 0.3) is 11.1 Å². The molecule has 0 bridgehead atoms. The summed E-state index contributed by atoms with van der Waals surface area (Å²) < 4.78 is 22.4. The third-order valence-corrected chi connectivity index (χ3v) is 5.72. The van der Waals surface area contributed by atoms with Crippen molar-refractivity contribution < 1.29 is 28.4 Å². The van der Waals surface area contributed by atoms with Crippen LogP contribution in [0.4, 0.5) is 0 Å². The zero-order chi connectivity index (χ0) is 22.8. The Hall–Kier alpha value is -2.64. The Morgan fingerprint density at radius 3 is 1.65 bits per heavy atom. The minimum absolute atomic E-state index is 0.251. The number of benzene rings is 2. The highest BCUT2D eigenvalue weighted by atomic mass is 16.7. The third-order valence-electron chi connectivity index (χ3n) is 5.72. The Morgan fingerprint density at radius 2 is 1.23 bits per heavy atom. The number of carbonyl (C=O) groups is 2. The molecule has 2 aromatic carbocycles. The molecule has 0 radical (unpaired) electrons. The van der Waals surface area contributed by atoms with E-state index < -0.39 is 30.3 Å². The third kappa shape index (κ3) is 4.83. The predicted molar refractivity (Wildman–Crippen MR) is 120 cm³/mol. The Kier molecular flexibility index (Phi) is 6.58. The molecule has 0 saturated carbocycles. The minimum Gasteiger partial charge on any atom is -0.462 e. The molecule has 164 valence electrons. The molecule has 3 rings (SSSR count). The Bertz CT molecular complexity index is 912. The lowest BCUT2D eigenvalue weighted by atomic mass is 9.78. The van der Waals surface area contributed by atoms with Gasteiger partial charge in [-0.1, -0.05) is 24.3 Å². The van der Waals surface area contributed by atoms with Crippen molar-refractivity contribution in [2.45, 2.75) is 52.7 Å². The van der Waals surface area contributed by atoms with Crippen LogP contribution in [0.1, 0.15) is 62.3 Å². The second kappa shape index (κ2) is 8.85. The number of esters is 2. The summed E-state index contributed by atoms with van der Waals surface area (Å²) in [5.41, 5.74) is 2.23. The van der Waals surface area contributed by atoms with Gasteiger partial charge in [0, 0.05) is 0 Å². The summed E-state index contributed by atoms with van der Waals surface area (Å²) >= 11 is 0. The summed E-state index contributed by atoms with van der Waals surface area (Å²) in [4.78, 5) is 24.6.